The average molecular weight is 546 g/mol. The lowest BCUT2D eigenvalue weighted by Crippen LogP contribution is -2.38. The van der Waals surface area contributed by atoms with Crippen LogP contribution >= 0.6 is 35.7 Å². The number of nitrogens with one attached hydrogen (secondary N) is 2. The summed E-state index contributed by atoms with van der Waals surface area (Å²) in [5.41, 5.74) is -0.177. The Morgan fingerprint density at radius 1 is 1.21 bits per heavy atom. The second-order valence-electron chi connectivity index (χ2n) is 7.32. The van der Waals surface area contributed by atoms with E-state index in [0.29, 0.717) is 13.0 Å². The Labute approximate surface area is 190 Å². The van der Waals surface area contributed by atoms with Gasteiger partial charge in [0.05, 0.1) is 5.75 Å². The molecule has 0 atom stereocenters. The van der Waals surface area contributed by atoms with Crippen molar-refractivity contribution in [2.24, 2.45) is 10.4 Å². The Bertz CT molecular complexity index is 696. The SMILES string of the molecule is CCNC(=NCC(C)(C)CCS(C)(=O)=O)NCCCSc1ccc(F)cc1.I. The van der Waals surface area contributed by atoms with Gasteiger partial charge in [-0.1, -0.05) is 13.8 Å². The van der Waals surface area contributed by atoms with E-state index in [1.165, 1.54) is 18.4 Å². The number of aliphatic imine (C=N–C) groups is 1. The number of sulfone groups is 1. The van der Waals surface area contributed by atoms with Gasteiger partial charge < -0.3 is 10.6 Å². The van der Waals surface area contributed by atoms with Gasteiger partial charge in [-0.15, -0.1) is 35.7 Å². The van der Waals surface area contributed by atoms with Crippen LogP contribution in [0.25, 0.3) is 0 Å². The molecule has 0 radical (unpaired) electrons. The third-order valence-electron chi connectivity index (χ3n) is 3.85. The molecule has 1 aromatic rings. The zero-order chi connectivity index (χ0) is 20.3. The molecule has 1 aromatic carbocycles. The molecule has 0 aliphatic rings. The van der Waals surface area contributed by atoms with E-state index >= 15 is 0 Å². The standard InChI is InChI=1S/C19H32FN3O2S2.HI/c1-5-21-18(23-15-19(2,3)11-14-27(4,24)25)22-12-6-13-26-17-9-7-16(20)8-10-17;/h7-10H,5-6,11-15H2,1-4H3,(H2,21,22,23);1H. The molecule has 0 saturated carbocycles. The van der Waals surface area contributed by atoms with Crippen LogP contribution < -0.4 is 10.6 Å². The molecule has 5 nitrogen and oxygen atoms in total. The van der Waals surface area contributed by atoms with Crippen molar-refractivity contribution in [2.45, 2.75) is 38.5 Å². The smallest absolute Gasteiger partial charge is 0.191 e. The summed E-state index contributed by atoms with van der Waals surface area (Å²) in [6.45, 7) is 8.18. The Kier molecular flexibility index (Phi) is 13.4. The maximum atomic E-state index is 12.9. The molecule has 1 rings (SSSR count). The topological polar surface area (TPSA) is 70.6 Å². The molecule has 0 fully saturated rings. The molecular weight excluding hydrogens is 512 g/mol. The molecule has 0 aromatic heterocycles. The van der Waals surface area contributed by atoms with Crippen molar-refractivity contribution >= 4 is 51.5 Å². The zero-order valence-electron chi connectivity index (χ0n) is 17.1. The monoisotopic (exact) mass is 545 g/mol. The Balaban J connectivity index is 0.00000729. The van der Waals surface area contributed by atoms with Gasteiger partial charge in [-0.3, -0.25) is 4.99 Å². The van der Waals surface area contributed by atoms with E-state index in [9.17, 15) is 12.8 Å². The summed E-state index contributed by atoms with van der Waals surface area (Å²) in [4.78, 5) is 5.66. The van der Waals surface area contributed by atoms with Crippen LogP contribution in [0, 0.1) is 11.2 Å². The van der Waals surface area contributed by atoms with Crippen LogP contribution in [0.15, 0.2) is 34.2 Å². The highest BCUT2D eigenvalue weighted by Gasteiger charge is 2.20. The second-order valence-corrected chi connectivity index (χ2v) is 10.8. The number of nitrogens with zero attached hydrogens (tertiary/aromatic N) is 1. The van der Waals surface area contributed by atoms with E-state index in [2.05, 4.69) is 15.6 Å². The van der Waals surface area contributed by atoms with Gasteiger partial charge in [-0.2, -0.15) is 0 Å². The molecule has 0 spiro atoms. The fraction of sp³-hybridized carbons (Fsp3) is 0.632. The van der Waals surface area contributed by atoms with Crippen LogP contribution in [0.5, 0.6) is 0 Å². The Hall–Kier alpha value is -0.550. The first-order valence-corrected chi connectivity index (χ1v) is 12.2. The fourth-order valence-electron chi connectivity index (χ4n) is 2.18. The van der Waals surface area contributed by atoms with Crippen molar-refractivity contribution in [1.29, 1.82) is 0 Å². The number of hydrogen-bond acceptors (Lipinski definition) is 4. The van der Waals surface area contributed by atoms with Crippen LogP contribution in [-0.2, 0) is 9.84 Å². The average Bonchev–Trinajstić information content (AvgIpc) is 2.59. The van der Waals surface area contributed by atoms with Gasteiger partial charge in [-0.05, 0) is 55.2 Å². The summed E-state index contributed by atoms with van der Waals surface area (Å²) < 4.78 is 35.6. The van der Waals surface area contributed by atoms with Crippen LogP contribution in [0.3, 0.4) is 0 Å². The van der Waals surface area contributed by atoms with Gasteiger partial charge in [0.25, 0.3) is 0 Å². The van der Waals surface area contributed by atoms with Crippen LogP contribution in [0.1, 0.15) is 33.6 Å². The molecule has 0 saturated heterocycles. The number of benzene rings is 1. The third kappa shape index (κ3) is 13.6. The van der Waals surface area contributed by atoms with Crippen molar-refractivity contribution in [3.8, 4) is 0 Å². The van der Waals surface area contributed by atoms with Crippen molar-refractivity contribution in [1.82, 2.24) is 10.6 Å². The largest absolute Gasteiger partial charge is 0.357 e. The van der Waals surface area contributed by atoms with Gasteiger partial charge >= 0.3 is 0 Å². The maximum Gasteiger partial charge on any atom is 0.191 e. The van der Waals surface area contributed by atoms with E-state index < -0.39 is 9.84 Å². The lowest BCUT2D eigenvalue weighted by Gasteiger charge is -2.22. The number of guanidine groups is 1. The molecule has 162 valence electrons. The maximum absolute atomic E-state index is 12.9. The minimum Gasteiger partial charge on any atom is -0.357 e. The highest BCUT2D eigenvalue weighted by molar-refractivity contribution is 14.0. The summed E-state index contributed by atoms with van der Waals surface area (Å²) in [5, 5.41) is 6.52. The quantitative estimate of drug-likeness (QED) is 0.145. The second kappa shape index (κ2) is 13.6. The van der Waals surface area contributed by atoms with Crippen molar-refractivity contribution in [3.05, 3.63) is 30.1 Å². The normalized spacial score (nSPS) is 12.4. The lowest BCUT2D eigenvalue weighted by molar-refractivity contribution is 0.365. The molecule has 9 heteroatoms. The first kappa shape index (κ1) is 27.5. The Morgan fingerprint density at radius 2 is 1.86 bits per heavy atom. The predicted octanol–water partition coefficient (Wildman–Crippen LogP) is 3.94. The number of hydrogen-bond donors (Lipinski definition) is 2. The molecule has 0 unspecified atom stereocenters. The van der Waals surface area contributed by atoms with Crippen molar-refractivity contribution in [2.75, 3.05) is 37.4 Å². The molecule has 0 amide bonds. The number of thioether (sulfide) groups is 1. The number of halogens is 2. The minimum absolute atomic E-state index is 0. The Morgan fingerprint density at radius 3 is 2.43 bits per heavy atom. The molecular formula is C19H33FIN3O2S2. The van der Waals surface area contributed by atoms with E-state index in [4.69, 9.17) is 0 Å². The fourth-order valence-corrected chi connectivity index (χ4v) is 3.95. The summed E-state index contributed by atoms with van der Waals surface area (Å²) >= 11 is 1.70. The van der Waals surface area contributed by atoms with Crippen LogP contribution in [0.2, 0.25) is 0 Å². The molecule has 0 heterocycles. The van der Waals surface area contributed by atoms with E-state index in [1.807, 2.05) is 20.8 Å². The van der Waals surface area contributed by atoms with E-state index in [1.54, 1.807) is 23.9 Å². The molecule has 2 N–H and O–H groups in total. The third-order valence-corrected chi connectivity index (χ3v) is 5.90. The molecule has 0 aliphatic carbocycles. The van der Waals surface area contributed by atoms with Gasteiger partial charge in [0, 0.05) is 30.8 Å². The molecule has 0 aliphatic heterocycles. The zero-order valence-corrected chi connectivity index (χ0v) is 21.1. The van der Waals surface area contributed by atoms with Crippen molar-refractivity contribution < 1.29 is 12.8 Å². The molecule has 28 heavy (non-hydrogen) atoms. The summed E-state index contributed by atoms with van der Waals surface area (Å²) in [6, 6.07) is 6.53. The van der Waals surface area contributed by atoms with Crippen LogP contribution in [0.4, 0.5) is 4.39 Å². The van der Waals surface area contributed by atoms with E-state index in [-0.39, 0.29) is 41.0 Å². The minimum atomic E-state index is -2.95. The van der Waals surface area contributed by atoms with Gasteiger partial charge in [0.1, 0.15) is 15.7 Å². The highest BCUT2D eigenvalue weighted by Crippen LogP contribution is 2.21. The summed E-state index contributed by atoms with van der Waals surface area (Å²) in [7, 11) is -2.95. The highest BCUT2D eigenvalue weighted by atomic mass is 127. The van der Waals surface area contributed by atoms with Gasteiger partial charge in [0.15, 0.2) is 5.96 Å². The number of rotatable bonds is 11. The summed E-state index contributed by atoms with van der Waals surface area (Å²) in [5.74, 6) is 1.64. The van der Waals surface area contributed by atoms with Crippen molar-refractivity contribution in [3.63, 3.8) is 0 Å². The predicted molar refractivity (Wildman–Crippen MR) is 129 cm³/mol. The molecule has 0 bridgehead atoms. The lowest BCUT2D eigenvalue weighted by atomic mass is 9.90. The van der Waals surface area contributed by atoms with Gasteiger partial charge in [-0.25, -0.2) is 12.8 Å². The summed E-state index contributed by atoms with van der Waals surface area (Å²) in [6.07, 6.45) is 2.80. The first-order chi connectivity index (χ1) is 12.6. The van der Waals surface area contributed by atoms with E-state index in [0.717, 1.165) is 36.1 Å². The van der Waals surface area contributed by atoms with Crippen LogP contribution in [-0.4, -0.2) is 51.8 Å². The van der Waals surface area contributed by atoms with Gasteiger partial charge in [0.2, 0.25) is 0 Å². The first-order valence-electron chi connectivity index (χ1n) is 9.19.